The van der Waals surface area contributed by atoms with Crippen LogP contribution in [0.1, 0.15) is 25.0 Å². The monoisotopic (exact) mass is 662 g/mol. The molecular formula is C51H34O. The van der Waals surface area contributed by atoms with Crippen molar-refractivity contribution in [3.05, 3.63) is 181 Å². The molecule has 0 atom stereocenters. The van der Waals surface area contributed by atoms with Crippen molar-refractivity contribution in [2.24, 2.45) is 0 Å². The van der Waals surface area contributed by atoms with Crippen LogP contribution in [0.5, 0.6) is 0 Å². The minimum Gasteiger partial charge on any atom is -0.455 e. The third kappa shape index (κ3) is 3.99. The van der Waals surface area contributed by atoms with E-state index in [0.717, 1.165) is 11.2 Å². The van der Waals surface area contributed by atoms with Gasteiger partial charge in [0.25, 0.3) is 0 Å². The van der Waals surface area contributed by atoms with Gasteiger partial charge in [-0.2, -0.15) is 0 Å². The maximum Gasteiger partial charge on any atom is 0.143 e. The van der Waals surface area contributed by atoms with E-state index < -0.39 is 0 Å². The average molecular weight is 663 g/mol. The summed E-state index contributed by atoms with van der Waals surface area (Å²) in [6.45, 7) is 4.75. The molecule has 1 aromatic heterocycles. The first-order valence-corrected chi connectivity index (χ1v) is 18.2. The lowest BCUT2D eigenvalue weighted by atomic mass is 9.78. The summed E-state index contributed by atoms with van der Waals surface area (Å²) in [4.78, 5) is 0. The van der Waals surface area contributed by atoms with Gasteiger partial charge in [0.05, 0.1) is 0 Å². The van der Waals surface area contributed by atoms with E-state index in [1.807, 2.05) is 0 Å². The van der Waals surface area contributed by atoms with Gasteiger partial charge in [0.1, 0.15) is 11.2 Å². The molecule has 0 saturated heterocycles. The quantitative estimate of drug-likeness (QED) is 0.172. The molecule has 1 heterocycles. The fourth-order valence-corrected chi connectivity index (χ4v) is 9.40. The van der Waals surface area contributed by atoms with Gasteiger partial charge in [-0.25, -0.2) is 0 Å². The largest absolute Gasteiger partial charge is 0.455 e. The standard InChI is InChI=1S/C51H34O/c1-51(2)43-26-13-12-21-36(43)41-30-42-48-35-20-7-6-15-31(35)27-28-44(48)52-50(42)47(49(41)51)34-19-14-18-33(29-34)46-39-24-10-8-22-37(39)45(32-16-4-3-5-17-32)38-23-9-11-25-40(38)46/h3-30H,1-2H3. The molecule has 0 unspecified atom stereocenters. The second kappa shape index (κ2) is 10.8. The minimum absolute atomic E-state index is 0.219. The summed E-state index contributed by atoms with van der Waals surface area (Å²) in [5.41, 5.74) is 14.3. The molecule has 1 aliphatic rings. The normalized spacial score (nSPS) is 13.3. The van der Waals surface area contributed by atoms with Crippen LogP contribution in [0.2, 0.25) is 0 Å². The van der Waals surface area contributed by atoms with Crippen molar-refractivity contribution in [2.75, 3.05) is 0 Å². The summed E-state index contributed by atoms with van der Waals surface area (Å²) in [5, 5.41) is 9.83. The summed E-state index contributed by atoms with van der Waals surface area (Å²) in [6, 6.07) is 62.2. The van der Waals surface area contributed by atoms with Crippen molar-refractivity contribution < 1.29 is 4.42 Å². The Bertz CT molecular complexity index is 3030. The van der Waals surface area contributed by atoms with Gasteiger partial charge in [-0.05, 0) is 101 Å². The van der Waals surface area contributed by atoms with E-state index in [-0.39, 0.29) is 5.41 Å². The lowest BCUT2D eigenvalue weighted by Crippen LogP contribution is -2.16. The molecule has 0 radical (unpaired) electrons. The van der Waals surface area contributed by atoms with Gasteiger partial charge in [0, 0.05) is 21.8 Å². The molecule has 10 aromatic rings. The summed E-state index contributed by atoms with van der Waals surface area (Å²) in [5.74, 6) is 0. The molecule has 11 rings (SSSR count). The van der Waals surface area contributed by atoms with Crippen LogP contribution in [0, 0.1) is 0 Å². The average Bonchev–Trinajstić information content (AvgIpc) is 3.68. The van der Waals surface area contributed by atoms with Crippen molar-refractivity contribution in [1.29, 1.82) is 0 Å². The summed E-state index contributed by atoms with van der Waals surface area (Å²) in [6.07, 6.45) is 0. The second-order valence-corrected chi connectivity index (χ2v) is 14.8. The maximum absolute atomic E-state index is 7.01. The van der Waals surface area contributed by atoms with Crippen LogP contribution in [0.3, 0.4) is 0 Å². The maximum atomic E-state index is 7.01. The Labute approximate surface area is 302 Å². The Hall–Kier alpha value is -6.44. The molecule has 0 aliphatic heterocycles. The van der Waals surface area contributed by atoms with Gasteiger partial charge in [0.15, 0.2) is 0 Å². The van der Waals surface area contributed by atoms with Crippen LogP contribution < -0.4 is 0 Å². The number of fused-ring (bicyclic) bond motifs is 10. The van der Waals surface area contributed by atoms with Gasteiger partial charge in [-0.15, -0.1) is 0 Å². The van der Waals surface area contributed by atoms with E-state index in [1.165, 1.54) is 98.7 Å². The summed E-state index contributed by atoms with van der Waals surface area (Å²) in [7, 11) is 0. The molecular weight excluding hydrogens is 629 g/mol. The van der Waals surface area contributed by atoms with E-state index in [9.17, 15) is 0 Å². The third-order valence-electron chi connectivity index (χ3n) is 11.6. The molecule has 52 heavy (non-hydrogen) atoms. The van der Waals surface area contributed by atoms with Crippen molar-refractivity contribution in [1.82, 2.24) is 0 Å². The van der Waals surface area contributed by atoms with Gasteiger partial charge in [-0.1, -0.05) is 166 Å². The lowest BCUT2D eigenvalue weighted by Gasteiger charge is -2.25. The first-order valence-electron chi connectivity index (χ1n) is 18.2. The molecule has 1 nitrogen and oxygen atoms in total. The van der Waals surface area contributed by atoms with Crippen LogP contribution in [0.4, 0.5) is 0 Å². The predicted molar refractivity (Wildman–Crippen MR) is 220 cm³/mol. The van der Waals surface area contributed by atoms with E-state index >= 15 is 0 Å². The van der Waals surface area contributed by atoms with Gasteiger partial charge >= 0.3 is 0 Å². The molecule has 244 valence electrons. The smallest absolute Gasteiger partial charge is 0.143 e. The number of benzene rings is 9. The highest BCUT2D eigenvalue weighted by Crippen LogP contribution is 2.56. The van der Waals surface area contributed by atoms with Crippen LogP contribution in [0.15, 0.2) is 174 Å². The SMILES string of the molecule is CC1(C)c2ccccc2-c2cc3c(oc4ccc5ccccc5c43)c(-c3cccc(-c4c5ccccc5c(-c5ccccc5)c5ccccc45)c3)c21. The minimum atomic E-state index is -0.219. The molecule has 1 heteroatoms. The van der Waals surface area contributed by atoms with Crippen LogP contribution in [-0.4, -0.2) is 0 Å². The highest BCUT2D eigenvalue weighted by Gasteiger charge is 2.39. The Morgan fingerprint density at radius 1 is 0.404 bits per heavy atom. The van der Waals surface area contributed by atoms with E-state index in [4.69, 9.17) is 4.42 Å². The number of furan rings is 1. The Morgan fingerprint density at radius 3 is 1.67 bits per heavy atom. The van der Waals surface area contributed by atoms with E-state index in [2.05, 4.69) is 184 Å². The van der Waals surface area contributed by atoms with Crippen molar-refractivity contribution in [2.45, 2.75) is 19.3 Å². The van der Waals surface area contributed by atoms with Crippen molar-refractivity contribution >= 4 is 54.3 Å². The molecule has 0 fully saturated rings. The Kier molecular flexibility index (Phi) is 6.08. The first-order chi connectivity index (χ1) is 25.6. The summed E-state index contributed by atoms with van der Waals surface area (Å²) < 4.78 is 7.01. The first kappa shape index (κ1) is 29.3. The second-order valence-electron chi connectivity index (χ2n) is 14.8. The predicted octanol–water partition coefficient (Wildman–Crippen LogP) is 14.4. The Morgan fingerprint density at radius 2 is 0.962 bits per heavy atom. The fraction of sp³-hybridized carbons (Fsp3) is 0.0588. The number of rotatable bonds is 3. The highest BCUT2D eigenvalue weighted by atomic mass is 16.3. The highest BCUT2D eigenvalue weighted by molar-refractivity contribution is 6.24. The number of hydrogen-bond acceptors (Lipinski definition) is 1. The fourth-order valence-electron chi connectivity index (χ4n) is 9.40. The molecule has 1 aliphatic carbocycles. The van der Waals surface area contributed by atoms with Crippen LogP contribution >= 0.6 is 0 Å². The third-order valence-corrected chi connectivity index (χ3v) is 11.6. The zero-order chi connectivity index (χ0) is 34.6. The molecule has 0 N–H and O–H groups in total. The van der Waals surface area contributed by atoms with Gasteiger partial charge < -0.3 is 4.42 Å². The number of hydrogen-bond donors (Lipinski definition) is 0. The molecule has 0 spiro atoms. The van der Waals surface area contributed by atoms with Gasteiger partial charge in [0.2, 0.25) is 0 Å². The summed E-state index contributed by atoms with van der Waals surface area (Å²) >= 11 is 0. The zero-order valence-electron chi connectivity index (χ0n) is 29.1. The van der Waals surface area contributed by atoms with E-state index in [1.54, 1.807) is 0 Å². The molecule has 9 aromatic carbocycles. The molecule has 0 bridgehead atoms. The van der Waals surface area contributed by atoms with E-state index in [0.29, 0.717) is 0 Å². The topological polar surface area (TPSA) is 13.1 Å². The lowest BCUT2D eigenvalue weighted by molar-refractivity contribution is 0.650. The van der Waals surface area contributed by atoms with Crippen molar-refractivity contribution in [3.63, 3.8) is 0 Å². The Balaban J connectivity index is 1.25. The van der Waals surface area contributed by atoms with Crippen LogP contribution in [0.25, 0.3) is 98.8 Å². The van der Waals surface area contributed by atoms with Gasteiger partial charge in [-0.3, -0.25) is 0 Å². The zero-order valence-corrected chi connectivity index (χ0v) is 29.1. The van der Waals surface area contributed by atoms with Crippen LogP contribution in [-0.2, 0) is 5.41 Å². The molecule has 0 saturated carbocycles. The van der Waals surface area contributed by atoms with Crippen molar-refractivity contribution in [3.8, 4) is 44.5 Å². The molecule has 0 amide bonds.